The zero-order valence-electron chi connectivity index (χ0n) is 12.9. The Morgan fingerprint density at radius 1 is 1.00 bits per heavy atom. The highest BCUT2D eigenvalue weighted by molar-refractivity contribution is 6.74. The highest BCUT2D eigenvalue weighted by Gasteiger charge is 2.37. The fourth-order valence-corrected chi connectivity index (χ4v) is 2.81. The first-order valence-corrected chi connectivity index (χ1v) is 9.40. The Morgan fingerprint density at radius 2 is 1.44 bits per heavy atom. The van der Waals surface area contributed by atoms with E-state index in [4.69, 9.17) is 4.43 Å². The second-order valence-electron chi connectivity index (χ2n) is 7.94. The van der Waals surface area contributed by atoms with E-state index in [0.29, 0.717) is 16.4 Å². The number of hydrogen-bond acceptors (Lipinski definition) is 1. The van der Waals surface area contributed by atoms with Crippen LogP contribution in [0, 0.1) is 11.3 Å². The Balaban J connectivity index is 4.16. The van der Waals surface area contributed by atoms with E-state index in [0.717, 1.165) is 6.61 Å². The van der Waals surface area contributed by atoms with Crippen molar-refractivity contribution in [2.75, 3.05) is 6.61 Å². The van der Waals surface area contributed by atoms with Gasteiger partial charge in [-0.2, -0.15) is 0 Å². The first kappa shape index (κ1) is 16.2. The Hall–Kier alpha value is 0.177. The van der Waals surface area contributed by atoms with Crippen molar-refractivity contribution < 1.29 is 4.43 Å². The first-order chi connectivity index (χ1) is 6.85. The molecule has 0 aliphatic rings. The quantitative estimate of drug-likeness (QED) is 0.627. The molecule has 0 saturated carbocycles. The molecule has 0 aromatic carbocycles. The van der Waals surface area contributed by atoms with Gasteiger partial charge in [0.1, 0.15) is 0 Å². The lowest BCUT2D eigenvalue weighted by atomic mass is 9.86. The third kappa shape index (κ3) is 6.05. The fourth-order valence-electron chi connectivity index (χ4n) is 1.67. The minimum absolute atomic E-state index is 0.328. The van der Waals surface area contributed by atoms with Gasteiger partial charge in [0, 0.05) is 6.61 Å². The van der Waals surface area contributed by atoms with Crippen LogP contribution in [0.4, 0.5) is 0 Å². The Kier molecular flexibility index (Phi) is 5.28. The molecule has 0 bridgehead atoms. The van der Waals surface area contributed by atoms with E-state index in [1.54, 1.807) is 0 Å². The highest BCUT2D eigenvalue weighted by atomic mass is 28.4. The van der Waals surface area contributed by atoms with Gasteiger partial charge < -0.3 is 4.43 Å². The molecule has 0 heterocycles. The maximum absolute atomic E-state index is 6.24. The highest BCUT2D eigenvalue weighted by Crippen LogP contribution is 2.37. The average molecular weight is 244 g/mol. The van der Waals surface area contributed by atoms with Gasteiger partial charge in [-0.25, -0.2) is 0 Å². The van der Waals surface area contributed by atoms with Crippen LogP contribution in [0.15, 0.2) is 0 Å². The third-order valence-electron chi connectivity index (χ3n) is 3.50. The summed E-state index contributed by atoms with van der Waals surface area (Å²) in [6, 6.07) is 0. The van der Waals surface area contributed by atoms with Crippen LogP contribution in [0.5, 0.6) is 0 Å². The third-order valence-corrected chi connectivity index (χ3v) is 8.00. The van der Waals surface area contributed by atoms with Gasteiger partial charge in [0.2, 0.25) is 0 Å². The van der Waals surface area contributed by atoms with Crippen molar-refractivity contribution in [1.29, 1.82) is 0 Å². The summed E-state index contributed by atoms with van der Waals surface area (Å²) in [7, 11) is -1.54. The van der Waals surface area contributed by atoms with Gasteiger partial charge in [-0.05, 0) is 35.9 Å². The lowest BCUT2D eigenvalue weighted by Gasteiger charge is -2.37. The van der Waals surface area contributed by atoms with Gasteiger partial charge in [0.15, 0.2) is 8.32 Å². The molecule has 0 aliphatic heterocycles. The monoisotopic (exact) mass is 244 g/mol. The van der Waals surface area contributed by atoms with Crippen LogP contribution < -0.4 is 0 Å². The van der Waals surface area contributed by atoms with Crippen molar-refractivity contribution in [1.82, 2.24) is 0 Å². The fraction of sp³-hybridized carbons (Fsp3) is 1.00. The lowest BCUT2D eigenvalue weighted by molar-refractivity contribution is 0.193. The van der Waals surface area contributed by atoms with Crippen LogP contribution in [0.25, 0.3) is 0 Å². The van der Waals surface area contributed by atoms with Crippen molar-refractivity contribution in [3.63, 3.8) is 0 Å². The predicted molar refractivity (Wildman–Crippen MR) is 76.4 cm³/mol. The van der Waals surface area contributed by atoms with Crippen LogP contribution in [0.1, 0.15) is 54.9 Å². The minimum Gasteiger partial charge on any atom is -0.417 e. The predicted octanol–water partition coefficient (Wildman–Crippen LogP) is 5.08. The summed E-state index contributed by atoms with van der Waals surface area (Å²) < 4.78 is 6.24. The van der Waals surface area contributed by atoms with Gasteiger partial charge in [-0.15, -0.1) is 0 Å². The van der Waals surface area contributed by atoms with Gasteiger partial charge in [0.25, 0.3) is 0 Å². The van der Waals surface area contributed by atoms with Crippen LogP contribution >= 0.6 is 0 Å². The van der Waals surface area contributed by atoms with E-state index < -0.39 is 8.32 Å². The maximum Gasteiger partial charge on any atom is 0.191 e. The summed E-state index contributed by atoms with van der Waals surface area (Å²) in [6.45, 7) is 21.7. The van der Waals surface area contributed by atoms with Crippen LogP contribution in [0.2, 0.25) is 18.1 Å². The smallest absolute Gasteiger partial charge is 0.191 e. The molecule has 1 unspecified atom stereocenters. The molecular formula is C14H32OSi. The Labute approximate surface area is 104 Å². The van der Waals surface area contributed by atoms with Crippen molar-refractivity contribution in [2.24, 2.45) is 11.3 Å². The van der Waals surface area contributed by atoms with E-state index in [9.17, 15) is 0 Å². The molecule has 0 saturated heterocycles. The van der Waals surface area contributed by atoms with Crippen molar-refractivity contribution in [3.05, 3.63) is 0 Å². The first-order valence-electron chi connectivity index (χ1n) is 6.49. The largest absolute Gasteiger partial charge is 0.417 e. The molecule has 0 fully saturated rings. The van der Waals surface area contributed by atoms with Gasteiger partial charge in [-0.1, -0.05) is 48.5 Å². The molecule has 0 rings (SSSR count). The molecular weight excluding hydrogens is 212 g/mol. The number of hydrogen-bond donors (Lipinski definition) is 0. The molecule has 0 aliphatic carbocycles. The van der Waals surface area contributed by atoms with Crippen molar-refractivity contribution in [2.45, 2.75) is 73.0 Å². The van der Waals surface area contributed by atoms with E-state index >= 15 is 0 Å². The Bertz CT molecular complexity index is 208. The second kappa shape index (κ2) is 5.22. The van der Waals surface area contributed by atoms with Crippen LogP contribution in [0.3, 0.4) is 0 Å². The van der Waals surface area contributed by atoms with Crippen LogP contribution in [-0.4, -0.2) is 14.9 Å². The topological polar surface area (TPSA) is 9.23 Å². The van der Waals surface area contributed by atoms with Gasteiger partial charge in [0.05, 0.1) is 0 Å². The van der Waals surface area contributed by atoms with E-state index in [1.165, 1.54) is 6.42 Å². The molecule has 0 radical (unpaired) electrons. The SMILES string of the molecule is CC(CO[Si](C)(C)C(C)(C)C)CC(C)(C)C. The summed E-state index contributed by atoms with van der Waals surface area (Å²) in [5.74, 6) is 0.661. The zero-order chi connectivity index (χ0) is 13.2. The molecule has 1 nitrogen and oxygen atoms in total. The molecule has 0 spiro atoms. The minimum atomic E-state index is -1.54. The maximum atomic E-state index is 6.24. The van der Waals surface area contributed by atoms with E-state index in [-0.39, 0.29) is 0 Å². The average Bonchev–Trinajstić information content (AvgIpc) is 1.95. The molecule has 0 amide bonds. The molecule has 2 heteroatoms. The molecule has 98 valence electrons. The van der Waals surface area contributed by atoms with Crippen molar-refractivity contribution >= 4 is 8.32 Å². The van der Waals surface area contributed by atoms with E-state index in [1.807, 2.05) is 0 Å². The number of rotatable bonds is 4. The van der Waals surface area contributed by atoms with E-state index in [2.05, 4.69) is 61.6 Å². The summed E-state index contributed by atoms with van der Waals surface area (Å²) in [6.07, 6.45) is 1.24. The molecule has 1 atom stereocenters. The molecule has 0 aromatic rings. The lowest BCUT2D eigenvalue weighted by Crippen LogP contribution is -2.42. The standard InChI is InChI=1S/C14H32OSi/c1-12(10-13(2,3)4)11-15-16(8,9)14(5,6)7/h12H,10-11H2,1-9H3. The van der Waals surface area contributed by atoms with Gasteiger partial charge >= 0.3 is 0 Å². The summed E-state index contributed by atoms with van der Waals surface area (Å²) in [4.78, 5) is 0. The second-order valence-corrected chi connectivity index (χ2v) is 12.8. The van der Waals surface area contributed by atoms with Crippen molar-refractivity contribution in [3.8, 4) is 0 Å². The van der Waals surface area contributed by atoms with Gasteiger partial charge in [-0.3, -0.25) is 0 Å². The molecule has 0 aromatic heterocycles. The zero-order valence-corrected chi connectivity index (χ0v) is 13.9. The molecule has 16 heavy (non-hydrogen) atoms. The summed E-state index contributed by atoms with van der Waals surface area (Å²) >= 11 is 0. The Morgan fingerprint density at radius 3 is 1.75 bits per heavy atom. The van der Waals surface area contributed by atoms with Crippen LogP contribution in [-0.2, 0) is 4.43 Å². The molecule has 0 N–H and O–H groups in total. The normalized spacial score (nSPS) is 16.3. The summed E-state index contributed by atoms with van der Waals surface area (Å²) in [5.41, 5.74) is 0.413. The summed E-state index contributed by atoms with van der Waals surface area (Å²) in [5, 5.41) is 0.328.